The molecule has 0 aromatic heterocycles. The van der Waals surface area contributed by atoms with E-state index in [-0.39, 0.29) is 0 Å². The molecular formula is C19H30N2. The molecular weight excluding hydrogens is 256 g/mol. The second-order valence-corrected chi connectivity index (χ2v) is 6.86. The number of anilines is 1. The molecule has 0 spiro atoms. The Hall–Kier alpha value is -1.02. The maximum absolute atomic E-state index is 3.52. The van der Waals surface area contributed by atoms with Crippen LogP contribution in [0.15, 0.2) is 18.2 Å². The van der Waals surface area contributed by atoms with Crippen LogP contribution in [0, 0.1) is 12.8 Å². The minimum Gasteiger partial charge on any atom is -0.368 e. The molecule has 1 N–H and O–H groups in total. The fraction of sp³-hybridized carbons (Fsp3) is 0.684. The normalized spacial score (nSPS) is 25.7. The van der Waals surface area contributed by atoms with Crippen LogP contribution < -0.4 is 10.2 Å². The molecule has 21 heavy (non-hydrogen) atoms. The van der Waals surface area contributed by atoms with E-state index in [1.165, 1.54) is 61.9 Å². The number of nitrogens with one attached hydrogen (secondary N) is 1. The van der Waals surface area contributed by atoms with Crippen LogP contribution in [0.1, 0.15) is 56.6 Å². The van der Waals surface area contributed by atoms with Gasteiger partial charge in [0.1, 0.15) is 0 Å². The highest BCUT2D eigenvalue weighted by molar-refractivity contribution is 5.56. The number of rotatable bonds is 4. The summed E-state index contributed by atoms with van der Waals surface area (Å²) in [4.78, 5) is 2.75. The Kier molecular flexibility index (Phi) is 4.84. The van der Waals surface area contributed by atoms with Gasteiger partial charge in [0.25, 0.3) is 0 Å². The summed E-state index contributed by atoms with van der Waals surface area (Å²) in [6.07, 6.45) is 8.55. The minimum absolute atomic E-state index is 0.801. The first-order valence-electron chi connectivity index (χ1n) is 8.86. The Morgan fingerprint density at radius 3 is 2.81 bits per heavy atom. The summed E-state index contributed by atoms with van der Waals surface area (Å²) >= 11 is 0. The third-order valence-electron chi connectivity index (χ3n) is 5.35. The van der Waals surface area contributed by atoms with Crippen molar-refractivity contribution in [3.8, 4) is 0 Å². The molecule has 0 radical (unpaired) electrons. The van der Waals surface area contributed by atoms with E-state index in [0.29, 0.717) is 0 Å². The highest BCUT2D eigenvalue weighted by Crippen LogP contribution is 2.38. The first kappa shape index (κ1) is 14.9. The van der Waals surface area contributed by atoms with E-state index in [9.17, 15) is 0 Å². The van der Waals surface area contributed by atoms with Gasteiger partial charge >= 0.3 is 0 Å². The van der Waals surface area contributed by atoms with Crippen molar-refractivity contribution in [2.75, 3.05) is 18.0 Å². The van der Waals surface area contributed by atoms with Crippen LogP contribution in [0.4, 0.5) is 5.69 Å². The Morgan fingerprint density at radius 2 is 1.95 bits per heavy atom. The summed E-state index contributed by atoms with van der Waals surface area (Å²) < 4.78 is 0. The summed E-state index contributed by atoms with van der Waals surface area (Å²) in [5.41, 5.74) is 4.37. The topological polar surface area (TPSA) is 15.3 Å². The maximum Gasteiger partial charge on any atom is 0.0414 e. The molecule has 2 nitrogen and oxygen atoms in total. The van der Waals surface area contributed by atoms with Crippen molar-refractivity contribution in [3.05, 3.63) is 29.3 Å². The lowest BCUT2D eigenvalue weighted by molar-refractivity contribution is 0.243. The zero-order chi connectivity index (χ0) is 14.7. The van der Waals surface area contributed by atoms with Crippen molar-refractivity contribution < 1.29 is 0 Å². The van der Waals surface area contributed by atoms with Crippen molar-refractivity contribution in [1.29, 1.82) is 0 Å². The SMILES string of the molecule is CCNCc1cc(C)ccc1N1CCCC2CCCCC21. The molecule has 1 saturated heterocycles. The van der Waals surface area contributed by atoms with E-state index in [2.05, 4.69) is 42.3 Å². The predicted octanol–water partition coefficient (Wildman–Crippen LogP) is 4.26. The van der Waals surface area contributed by atoms with Crippen molar-refractivity contribution in [2.45, 2.75) is 65.0 Å². The molecule has 116 valence electrons. The van der Waals surface area contributed by atoms with Gasteiger partial charge in [0.15, 0.2) is 0 Å². The van der Waals surface area contributed by atoms with E-state index < -0.39 is 0 Å². The number of nitrogens with zero attached hydrogens (tertiary/aromatic N) is 1. The molecule has 1 saturated carbocycles. The van der Waals surface area contributed by atoms with Crippen LogP contribution in [-0.2, 0) is 6.54 Å². The molecule has 1 aromatic rings. The molecule has 2 fully saturated rings. The lowest BCUT2D eigenvalue weighted by Gasteiger charge is -2.46. The third-order valence-corrected chi connectivity index (χ3v) is 5.35. The molecule has 0 amide bonds. The smallest absolute Gasteiger partial charge is 0.0414 e. The average molecular weight is 286 g/mol. The molecule has 2 aliphatic rings. The van der Waals surface area contributed by atoms with Gasteiger partial charge in [0, 0.05) is 24.8 Å². The molecule has 1 heterocycles. The minimum atomic E-state index is 0.801. The first-order chi connectivity index (χ1) is 10.3. The Bertz CT molecular complexity index is 467. The predicted molar refractivity (Wildman–Crippen MR) is 90.9 cm³/mol. The van der Waals surface area contributed by atoms with Gasteiger partial charge in [-0.3, -0.25) is 0 Å². The van der Waals surface area contributed by atoms with E-state index in [4.69, 9.17) is 0 Å². The van der Waals surface area contributed by atoms with Crippen LogP contribution in [0.3, 0.4) is 0 Å². The second kappa shape index (κ2) is 6.83. The Balaban J connectivity index is 1.87. The third kappa shape index (κ3) is 3.26. The molecule has 1 aromatic carbocycles. The summed E-state index contributed by atoms with van der Waals surface area (Å²) in [7, 11) is 0. The van der Waals surface area contributed by atoms with Gasteiger partial charge in [-0.2, -0.15) is 0 Å². The molecule has 1 aliphatic heterocycles. The molecule has 2 atom stereocenters. The molecule has 1 aliphatic carbocycles. The van der Waals surface area contributed by atoms with Gasteiger partial charge in [-0.05, 0) is 56.7 Å². The summed E-state index contributed by atoms with van der Waals surface area (Å²) in [6, 6.07) is 7.84. The van der Waals surface area contributed by atoms with E-state index >= 15 is 0 Å². The van der Waals surface area contributed by atoms with Crippen LogP contribution in [0.2, 0.25) is 0 Å². The fourth-order valence-corrected chi connectivity index (χ4v) is 4.32. The second-order valence-electron chi connectivity index (χ2n) is 6.86. The van der Waals surface area contributed by atoms with Crippen molar-refractivity contribution >= 4 is 5.69 Å². The van der Waals surface area contributed by atoms with Crippen molar-refractivity contribution in [3.63, 3.8) is 0 Å². The number of aryl methyl sites for hydroxylation is 1. The van der Waals surface area contributed by atoms with Gasteiger partial charge in [-0.15, -0.1) is 0 Å². The van der Waals surface area contributed by atoms with E-state index in [1.807, 2.05) is 0 Å². The Labute approximate surface area is 129 Å². The fourth-order valence-electron chi connectivity index (χ4n) is 4.32. The Morgan fingerprint density at radius 1 is 1.14 bits per heavy atom. The van der Waals surface area contributed by atoms with Gasteiger partial charge in [0.05, 0.1) is 0 Å². The van der Waals surface area contributed by atoms with Gasteiger partial charge in [-0.25, -0.2) is 0 Å². The van der Waals surface area contributed by atoms with Crippen molar-refractivity contribution in [1.82, 2.24) is 5.32 Å². The van der Waals surface area contributed by atoms with Crippen LogP contribution in [-0.4, -0.2) is 19.1 Å². The number of hydrogen-bond acceptors (Lipinski definition) is 2. The molecule has 0 bridgehead atoms. The van der Waals surface area contributed by atoms with Gasteiger partial charge in [-0.1, -0.05) is 37.5 Å². The van der Waals surface area contributed by atoms with Crippen molar-refractivity contribution in [2.24, 2.45) is 5.92 Å². The lowest BCUT2D eigenvalue weighted by Crippen LogP contribution is -2.47. The number of hydrogen-bond donors (Lipinski definition) is 1. The largest absolute Gasteiger partial charge is 0.368 e. The first-order valence-corrected chi connectivity index (χ1v) is 8.86. The highest BCUT2D eigenvalue weighted by Gasteiger charge is 2.33. The molecule has 2 unspecified atom stereocenters. The highest BCUT2D eigenvalue weighted by atomic mass is 15.2. The van der Waals surface area contributed by atoms with Gasteiger partial charge in [0.2, 0.25) is 0 Å². The average Bonchev–Trinajstić information content (AvgIpc) is 2.52. The molecule has 3 rings (SSSR count). The van der Waals surface area contributed by atoms with Crippen LogP contribution >= 0.6 is 0 Å². The summed E-state index contributed by atoms with van der Waals surface area (Å²) in [5, 5.41) is 3.52. The maximum atomic E-state index is 3.52. The quantitative estimate of drug-likeness (QED) is 0.889. The van der Waals surface area contributed by atoms with Crippen LogP contribution in [0.5, 0.6) is 0 Å². The van der Waals surface area contributed by atoms with Crippen LogP contribution in [0.25, 0.3) is 0 Å². The standard InChI is InChI=1S/C19H30N2/c1-3-20-14-17-13-15(2)10-11-19(17)21-12-6-8-16-7-4-5-9-18(16)21/h10-11,13,16,18,20H,3-9,12,14H2,1-2H3. The number of fused-ring (bicyclic) bond motifs is 1. The summed E-state index contributed by atoms with van der Waals surface area (Å²) in [6.45, 7) is 7.69. The number of benzene rings is 1. The van der Waals surface area contributed by atoms with E-state index in [1.54, 1.807) is 0 Å². The zero-order valence-corrected chi connectivity index (χ0v) is 13.7. The molecule has 2 heteroatoms. The van der Waals surface area contributed by atoms with E-state index in [0.717, 1.165) is 25.0 Å². The monoisotopic (exact) mass is 286 g/mol. The van der Waals surface area contributed by atoms with Gasteiger partial charge < -0.3 is 10.2 Å². The summed E-state index contributed by atoms with van der Waals surface area (Å²) in [5.74, 6) is 0.945. The zero-order valence-electron chi connectivity index (χ0n) is 13.7. The number of piperidine rings is 1. The lowest BCUT2D eigenvalue weighted by atomic mass is 9.78.